The number of esters is 1. The fraction of sp³-hybridized carbons (Fsp3) is 0.350. The number of sulfonamides is 1. The lowest BCUT2D eigenvalue weighted by Gasteiger charge is -2.29. The number of carbonyl (C=O) groups excluding carboxylic acids is 1. The summed E-state index contributed by atoms with van der Waals surface area (Å²) in [5, 5.41) is 0.508. The highest BCUT2D eigenvalue weighted by Crippen LogP contribution is 2.29. The van der Waals surface area contributed by atoms with E-state index in [1.54, 1.807) is 30.3 Å². The molecule has 0 radical (unpaired) electrons. The molecule has 1 aliphatic rings. The fourth-order valence-electron chi connectivity index (χ4n) is 3.03. The zero-order chi connectivity index (χ0) is 20.3. The largest absolute Gasteiger partial charge is 0.457 e. The Bertz CT molecular complexity index is 972. The molecule has 0 aromatic heterocycles. The summed E-state index contributed by atoms with van der Waals surface area (Å²) in [7, 11) is -3.69. The van der Waals surface area contributed by atoms with Crippen molar-refractivity contribution in [2.75, 3.05) is 13.1 Å². The van der Waals surface area contributed by atoms with E-state index < -0.39 is 16.0 Å². The van der Waals surface area contributed by atoms with E-state index >= 15 is 0 Å². The summed E-state index contributed by atoms with van der Waals surface area (Å²) >= 11 is 9.38. The Morgan fingerprint density at radius 1 is 1.21 bits per heavy atom. The average molecular weight is 487 g/mol. The van der Waals surface area contributed by atoms with Crippen LogP contribution in [0, 0.1) is 5.92 Å². The van der Waals surface area contributed by atoms with Gasteiger partial charge in [-0.1, -0.05) is 36.7 Å². The lowest BCUT2D eigenvalue weighted by atomic mass is 10.0. The van der Waals surface area contributed by atoms with Crippen molar-refractivity contribution < 1.29 is 17.9 Å². The van der Waals surface area contributed by atoms with Gasteiger partial charge in [0, 0.05) is 28.1 Å². The molecule has 5 nitrogen and oxygen atoms in total. The van der Waals surface area contributed by atoms with Crippen LogP contribution in [0.5, 0.6) is 0 Å². The van der Waals surface area contributed by atoms with Crippen molar-refractivity contribution in [1.82, 2.24) is 4.31 Å². The van der Waals surface area contributed by atoms with E-state index in [-0.39, 0.29) is 17.1 Å². The van der Waals surface area contributed by atoms with Crippen LogP contribution in [-0.2, 0) is 21.4 Å². The number of piperidine rings is 1. The highest BCUT2D eigenvalue weighted by molar-refractivity contribution is 9.10. The number of hydrogen-bond donors (Lipinski definition) is 0. The smallest absolute Gasteiger partial charge is 0.338 e. The SMILES string of the molecule is CC1CCN(S(=O)(=O)c2cc(C(=O)OCc3ccccc3Cl)ccc2Br)CC1. The molecule has 1 fully saturated rings. The van der Waals surface area contributed by atoms with Crippen LogP contribution in [0.3, 0.4) is 0 Å². The Morgan fingerprint density at radius 2 is 1.89 bits per heavy atom. The summed E-state index contributed by atoms with van der Waals surface area (Å²) in [5.41, 5.74) is 0.865. The molecule has 0 bridgehead atoms. The molecule has 2 aromatic rings. The minimum atomic E-state index is -3.69. The van der Waals surface area contributed by atoms with Crippen molar-refractivity contribution in [2.24, 2.45) is 5.92 Å². The van der Waals surface area contributed by atoms with E-state index in [0.717, 1.165) is 12.8 Å². The number of carbonyl (C=O) groups is 1. The third-order valence-corrected chi connectivity index (χ3v) is 8.11. The van der Waals surface area contributed by atoms with E-state index in [0.29, 0.717) is 34.1 Å². The first-order valence-corrected chi connectivity index (χ1v) is 11.6. The van der Waals surface area contributed by atoms with E-state index in [4.69, 9.17) is 16.3 Å². The van der Waals surface area contributed by atoms with E-state index in [9.17, 15) is 13.2 Å². The predicted octanol–water partition coefficient (Wildman–Crippen LogP) is 4.88. The lowest BCUT2D eigenvalue weighted by molar-refractivity contribution is 0.0472. The molecule has 0 unspecified atom stereocenters. The Balaban J connectivity index is 1.79. The van der Waals surface area contributed by atoms with Crippen molar-refractivity contribution in [2.45, 2.75) is 31.3 Å². The van der Waals surface area contributed by atoms with Crippen molar-refractivity contribution in [3.05, 3.63) is 63.1 Å². The fourth-order valence-corrected chi connectivity index (χ4v) is 5.65. The summed E-state index contributed by atoms with van der Waals surface area (Å²) in [4.78, 5) is 12.5. The Hall–Kier alpha value is -1.41. The second-order valence-corrected chi connectivity index (χ2v) is 10.1. The maximum Gasteiger partial charge on any atom is 0.338 e. The maximum absolute atomic E-state index is 13.0. The third kappa shape index (κ3) is 4.76. The van der Waals surface area contributed by atoms with Crippen LogP contribution in [0.4, 0.5) is 0 Å². The van der Waals surface area contributed by atoms with Crippen molar-refractivity contribution >= 4 is 43.5 Å². The molecule has 1 aliphatic heterocycles. The molecule has 0 amide bonds. The first kappa shape index (κ1) is 21.3. The zero-order valence-corrected chi connectivity index (χ0v) is 18.6. The van der Waals surface area contributed by atoms with Crippen molar-refractivity contribution in [3.8, 4) is 0 Å². The summed E-state index contributed by atoms with van der Waals surface area (Å²) in [6, 6.07) is 11.5. The zero-order valence-electron chi connectivity index (χ0n) is 15.4. The normalized spacial score (nSPS) is 16.1. The van der Waals surface area contributed by atoms with Crippen LogP contribution in [0.15, 0.2) is 51.8 Å². The quantitative estimate of drug-likeness (QED) is 0.565. The van der Waals surface area contributed by atoms with Gasteiger partial charge in [-0.3, -0.25) is 0 Å². The second-order valence-electron chi connectivity index (χ2n) is 6.90. The molecular formula is C20H21BrClNO4S. The van der Waals surface area contributed by atoms with Crippen LogP contribution in [0.1, 0.15) is 35.7 Å². The topological polar surface area (TPSA) is 63.7 Å². The number of halogens is 2. The minimum absolute atomic E-state index is 0.0146. The van der Waals surface area contributed by atoms with Gasteiger partial charge in [0.15, 0.2) is 0 Å². The van der Waals surface area contributed by atoms with Gasteiger partial charge < -0.3 is 4.74 Å². The van der Waals surface area contributed by atoms with Gasteiger partial charge in [0.05, 0.1) is 10.5 Å². The Morgan fingerprint density at radius 3 is 2.57 bits per heavy atom. The van der Waals surface area contributed by atoms with Gasteiger partial charge in [0.2, 0.25) is 10.0 Å². The number of hydrogen-bond acceptors (Lipinski definition) is 4. The summed E-state index contributed by atoms with van der Waals surface area (Å²) in [6.07, 6.45) is 1.66. The number of benzene rings is 2. The molecule has 0 N–H and O–H groups in total. The Labute approximate surface area is 178 Å². The third-order valence-electron chi connectivity index (χ3n) is 4.84. The monoisotopic (exact) mass is 485 g/mol. The molecule has 3 rings (SSSR count). The molecule has 0 aliphatic carbocycles. The molecule has 2 aromatic carbocycles. The van der Waals surface area contributed by atoms with Gasteiger partial charge in [-0.2, -0.15) is 4.31 Å². The van der Waals surface area contributed by atoms with Gasteiger partial charge in [-0.25, -0.2) is 13.2 Å². The van der Waals surface area contributed by atoms with Gasteiger partial charge >= 0.3 is 5.97 Å². The summed E-state index contributed by atoms with van der Waals surface area (Å²) in [6.45, 7) is 3.10. The predicted molar refractivity (Wildman–Crippen MR) is 112 cm³/mol. The maximum atomic E-state index is 13.0. The number of ether oxygens (including phenoxy) is 1. The summed E-state index contributed by atoms with van der Waals surface area (Å²) < 4.78 is 33.3. The van der Waals surface area contributed by atoms with E-state index in [2.05, 4.69) is 22.9 Å². The molecule has 0 spiro atoms. The van der Waals surface area contributed by atoms with Crippen molar-refractivity contribution in [3.63, 3.8) is 0 Å². The molecule has 28 heavy (non-hydrogen) atoms. The lowest BCUT2D eigenvalue weighted by Crippen LogP contribution is -2.38. The van der Waals surface area contributed by atoms with Crippen LogP contribution >= 0.6 is 27.5 Å². The minimum Gasteiger partial charge on any atom is -0.457 e. The van der Waals surface area contributed by atoms with E-state index in [1.807, 2.05) is 0 Å². The van der Waals surface area contributed by atoms with Gasteiger partial charge in [-0.15, -0.1) is 0 Å². The average Bonchev–Trinajstić information content (AvgIpc) is 2.67. The Kier molecular flexibility index (Phi) is 6.81. The molecule has 150 valence electrons. The first-order chi connectivity index (χ1) is 13.3. The van der Waals surface area contributed by atoms with E-state index in [1.165, 1.54) is 16.4 Å². The highest BCUT2D eigenvalue weighted by atomic mass is 79.9. The van der Waals surface area contributed by atoms with Crippen molar-refractivity contribution in [1.29, 1.82) is 0 Å². The molecule has 0 saturated carbocycles. The second kappa shape index (κ2) is 8.95. The van der Waals surface area contributed by atoms with Gasteiger partial charge in [-0.05, 0) is 59.0 Å². The molecule has 8 heteroatoms. The highest BCUT2D eigenvalue weighted by Gasteiger charge is 2.30. The molecular weight excluding hydrogens is 466 g/mol. The standard InChI is InChI=1S/C20H21BrClNO4S/c1-14-8-10-23(11-9-14)28(25,26)19-12-15(6-7-17(19)21)20(24)27-13-16-4-2-3-5-18(16)22/h2-7,12,14H,8-11,13H2,1H3. The van der Waals surface area contributed by atoms with Crippen LogP contribution in [0.25, 0.3) is 0 Å². The number of rotatable bonds is 5. The van der Waals surface area contributed by atoms with Crippen LogP contribution in [-0.4, -0.2) is 31.8 Å². The van der Waals surface area contributed by atoms with Crippen LogP contribution in [0.2, 0.25) is 5.02 Å². The molecule has 0 atom stereocenters. The van der Waals surface area contributed by atoms with Crippen LogP contribution < -0.4 is 0 Å². The van der Waals surface area contributed by atoms with Gasteiger partial charge in [0.25, 0.3) is 0 Å². The molecule has 1 heterocycles. The first-order valence-electron chi connectivity index (χ1n) is 8.99. The molecule has 1 saturated heterocycles. The number of nitrogens with zero attached hydrogens (tertiary/aromatic N) is 1. The summed E-state index contributed by atoms with van der Waals surface area (Å²) in [5.74, 6) is -0.0860. The van der Waals surface area contributed by atoms with Gasteiger partial charge in [0.1, 0.15) is 6.61 Å².